The quantitative estimate of drug-likeness (QED) is 0.186. The minimum Gasteiger partial charge on any atom is -0.493 e. The van der Waals surface area contributed by atoms with Crippen LogP contribution in [-0.4, -0.2) is 31.4 Å². The molecule has 8 nitrogen and oxygen atoms in total. The second-order valence-electron chi connectivity index (χ2n) is 8.74. The Morgan fingerprint density at radius 3 is 2.52 bits per heavy atom. The van der Waals surface area contributed by atoms with Gasteiger partial charge in [-0.25, -0.2) is 9.79 Å². The monoisotopic (exact) mass is 734 g/mol. The normalized spacial score (nSPS) is 15.1. The van der Waals surface area contributed by atoms with Crippen LogP contribution in [-0.2, 0) is 9.53 Å². The van der Waals surface area contributed by atoms with Crippen molar-refractivity contribution in [3.8, 4) is 22.8 Å². The first kappa shape index (κ1) is 28.4. The second-order valence-corrected chi connectivity index (χ2v) is 11.8. The fourth-order valence-electron chi connectivity index (χ4n) is 4.49. The molecule has 0 radical (unpaired) electrons. The number of methoxy groups -OCH3 is 2. The molecule has 4 aromatic rings. The van der Waals surface area contributed by atoms with Crippen LogP contribution in [0.2, 0.25) is 0 Å². The molecule has 0 aliphatic carbocycles. The van der Waals surface area contributed by atoms with Gasteiger partial charge in [-0.1, -0.05) is 39.4 Å². The number of hydrogen-bond donors (Lipinski definition) is 0. The average Bonchev–Trinajstić information content (AvgIpc) is 3.52. The van der Waals surface area contributed by atoms with Crippen LogP contribution in [0.25, 0.3) is 17.4 Å². The number of esters is 1. The lowest BCUT2D eigenvalue weighted by molar-refractivity contribution is -0.139. The summed E-state index contributed by atoms with van der Waals surface area (Å²) >= 11 is 7.09. The largest absolute Gasteiger partial charge is 0.493 e. The van der Waals surface area contributed by atoms with Crippen molar-refractivity contribution in [1.82, 2.24) is 4.57 Å². The Balaban J connectivity index is 1.68. The standard InChI is InChI=1S/C29H24BrIN2O6S/c1-5-38-28(35)25-15(2)32-29-33(26(25)19-13-22(36-3)23(37-4)14-20(19)30)27(34)24(40-29)12-18-10-11-21(39-18)16-6-8-17(31)9-7-16/h6-14,26H,5H2,1-4H3/b24-12-/t26-/m1/s1. The molecular weight excluding hydrogens is 711 g/mol. The van der Waals surface area contributed by atoms with E-state index in [2.05, 4.69) is 43.5 Å². The van der Waals surface area contributed by atoms with Gasteiger partial charge in [-0.05, 0) is 78.4 Å². The fourth-order valence-corrected chi connectivity index (χ4v) is 6.42. The minimum atomic E-state index is -0.814. The fraction of sp³-hybridized carbons (Fsp3) is 0.207. The number of aromatic nitrogens is 1. The number of hydrogen-bond acceptors (Lipinski definition) is 8. The highest BCUT2D eigenvalue weighted by Crippen LogP contribution is 2.40. The lowest BCUT2D eigenvalue weighted by Crippen LogP contribution is -2.40. The summed E-state index contributed by atoms with van der Waals surface area (Å²) < 4.78 is 26.1. The molecule has 0 saturated carbocycles. The molecule has 2 aromatic heterocycles. The van der Waals surface area contributed by atoms with Gasteiger partial charge in [-0.3, -0.25) is 9.36 Å². The Hall–Kier alpha value is -3.16. The summed E-state index contributed by atoms with van der Waals surface area (Å²) in [6.07, 6.45) is 1.70. The third-order valence-corrected chi connectivity index (χ3v) is 8.73. The molecule has 1 aliphatic rings. The summed E-state index contributed by atoms with van der Waals surface area (Å²) in [4.78, 5) is 32.2. The Bertz CT molecular complexity index is 1820. The molecule has 206 valence electrons. The van der Waals surface area contributed by atoms with E-state index >= 15 is 0 Å². The highest BCUT2D eigenvalue weighted by atomic mass is 127. The highest BCUT2D eigenvalue weighted by molar-refractivity contribution is 14.1. The average molecular weight is 735 g/mol. The number of ether oxygens (including phenoxy) is 3. The molecule has 0 amide bonds. The van der Waals surface area contributed by atoms with Gasteiger partial charge in [0.05, 0.1) is 42.7 Å². The molecule has 1 aliphatic heterocycles. The molecule has 1 atom stereocenters. The third-order valence-electron chi connectivity index (χ3n) is 6.34. The van der Waals surface area contributed by atoms with E-state index in [1.165, 1.54) is 23.0 Å². The van der Waals surface area contributed by atoms with Gasteiger partial charge in [0.25, 0.3) is 5.56 Å². The first-order chi connectivity index (χ1) is 19.2. The van der Waals surface area contributed by atoms with Crippen molar-refractivity contribution in [3.05, 3.63) is 98.9 Å². The van der Waals surface area contributed by atoms with E-state index < -0.39 is 12.0 Å². The SMILES string of the molecule is CCOC(=O)C1=C(C)N=c2s/c(=C\c3ccc(-c4ccc(I)cc4)o3)c(=O)n2[C@@H]1c1cc(OC)c(OC)cc1Br. The number of nitrogens with zero attached hydrogens (tertiary/aromatic N) is 2. The van der Waals surface area contributed by atoms with Crippen molar-refractivity contribution >= 4 is 61.9 Å². The van der Waals surface area contributed by atoms with E-state index in [4.69, 9.17) is 18.6 Å². The molecule has 0 saturated heterocycles. The maximum absolute atomic E-state index is 13.9. The number of rotatable bonds is 7. The van der Waals surface area contributed by atoms with Crippen LogP contribution in [0.15, 0.2) is 78.5 Å². The number of furan rings is 1. The van der Waals surface area contributed by atoms with Crippen LogP contribution in [0.4, 0.5) is 0 Å². The van der Waals surface area contributed by atoms with Crippen LogP contribution in [0.5, 0.6) is 11.5 Å². The highest BCUT2D eigenvalue weighted by Gasteiger charge is 2.35. The maximum Gasteiger partial charge on any atom is 0.338 e. The van der Waals surface area contributed by atoms with Gasteiger partial charge >= 0.3 is 5.97 Å². The van der Waals surface area contributed by atoms with Crippen molar-refractivity contribution in [3.63, 3.8) is 0 Å². The summed E-state index contributed by atoms with van der Waals surface area (Å²) in [6, 6.07) is 14.4. The van der Waals surface area contributed by atoms with Gasteiger partial charge in [0.1, 0.15) is 11.5 Å². The number of benzene rings is 2. The van der Waals surface area contributed by atoms with Crippen LogP contribution >= 0.6 is 49.9 Å². The molecular formula is C29H24BrIN2O6S. The van der Waals surface area contributed by atoms with E-state index in [1.807, 2.05) is 36.4 Å². The molecule has 0 fully saturated rings. The number of allylic oxidation sites excluding steroid dienone is 1. The minimum absolute atomic E-state index is 0.182. The number of carbonyl (C=O) groups is 1. The summed E-state index contributed by atoms with van der Waals surface area (Å²) in [5, 5.41) is 0. The van der Waals surface area contributed by atoms with Crippen LogP contribution < -0.4 is 24.4 Å². The van der Waals surface area contributed by atoms with Crippen LogP contribution in [0.3, 0.4) is 0 Å². The van der Waals surface area contributed by atoms with Gasteiger partial charge in [0, 0.05) is 19.7 Å². The van der Waals surface area contributed by atoms with Crippen molar-refractivity contribution < 1.29 is 23.4 Å². The molecule has 11 heteroatoms. The zero-order valence-corrected chi connectivity index (χ0v) is 26.5. The van der Waals surface area contributed by atoms with Crippen molar-refractivity contribution in [2.45, 2.75) is 19.9 Å². The summed E-state index contributed by atoms with van der Waals surface area (Å²) in [5.74, 6) is 1.65. The zero-order valence-electron chi connectivity index (χ0n) is 22.0. The van der Waals surface area contributed by atoms with Gasteiger partial charge < -0.3 is 18.6 Å². The molecule has 0 N–H and O–H groups in total. The molecule has 0 spiro atoms. The molecule has 2 aromatic carbocycles. The topological polar surface area (TPSA) is 92.3 Å². The van der Waals surface area contributed by atoms with Crippen molar-refractivity contribution in [2.75, 3.05) is 20.8 Å². The van der Waals surface area contributed by atoms with E-state index in [9.17, 15) is 9.59 Å². The Morgan fingerprint density at radius 1 is 1.15 bits per heavy atom. The Morgan fingerprint density at radius 2 is 1.85 bits per heavy atom. The first-order valence-electron chi connectivity index (χ1n) is 12.2. The number of fused-ring (bicyclic) bond motifs is 1. The number of halogens is 2. The van der Waals surface area contributed by atoms with Crippen LogP contribution in [0.1, 0.15) is 31.2 Å². The van der Waals surface area contributed by atoms with E-state index in [0.717, 1.165) is 9.13 Å². The van der Waals surface area contributed by atoms with Crippen molar-refractivity contribution in [2.24, 2.45) is 4.99 Å². The van der Waals surface area contributed by atoms with Crippen LogP contribution in [0, 0.1) is 3.57 Å². The Kier molecular flexibility index (Phi) is 8.34. The predicted molar refractivity (Wildman–Crippen MR) is 165 cm³/mol. The van der Waals surface area contributed by atoms with E-state index in [0.29, 0.717) is 48.1 Å². The molecule has 40 heavy (non-hydrogen) atoms. The third kappa shape index (κ3) is 5.29. The van der Waals surface area contributed by atoms with E-state index in [-0.39, 0.29) is 17.7 Å². The molecule has 0 unspecified atom stereocenters. The summed E-state index contributed by atoms with van der Waals surface area (Å²) in [5.41, 5.74) is 2.00. The number of carbonyl (C=O) groups excluding carboxylic acids is 1. The lowest BCUT2D eigenvalue weighted by Gasteiger charge is -2.26. The molecule has 5 rings (SSSR count). The number of thiazole rings is 1. The second kappa shape index (κ2) is 11.8. The van der Waals surface area contributed by atoms with Gasteiger partial charge in [-0.2, -0.15) is 0 Å². The maximum atomic E-state index is 13.9. The van der Waals surface area contributed by atoms with Gasteiger partial charge in [0.15, 0.2) is 16.3 Å². The first-order valence-corrected chi connectivity index (χ1v) is 14.9. The smallest absolute Gasteiger partial charge is 0.338 e. The zero-order chi connectivity index (χ0) is 28.6. The summed E-state index contributed by atoms with van der Waals surface area (Å²) in [7, 11) is 3.07. The summed E-state index contributed by atoms with van der Waals surface area (Å²) in [6.45, 7) is 3.66. The van der Waals surface area contributed by atoms with Crippen molar-refractivity contribution in [1.29, 1.82) is 0 Å². The van der Waals surface area contributed by atoms with Gasteiger partial charge in [0.2, 0.25) is 0 Å². The lowest BCUT2D eigenvalue weighted by atomic mass is 9.95. The predicted octanol–water partition coefficient (Wildman–Crippen LogP) is 5.44. The molecule has 0 bridgehead atoms. The molecule has 3 heterocycles. The van der Waals surface area contributed by atoms with Gasteiger partial charge in [-0.15, -0.1) is 0 Å². The van der Waals surface area contributed by atoms with E-state index in [1.54, 1.807) is 39.2 Å². The Labute approximate surface area is 255 Å².